The Morgan fingerprint density at radius 3 is 2.60 bits per heavy atom. The van der Waals surface area contributed by atoms with Crippen molar-refractivity contribution >= 4 is 5.97 Å². The third-order valence-electron chi connectivity index (χ3n) is 3.13. The second kappa shape index (κ2) is 3.68. The van der Waals surface area contributed by atoms with Gasteiger partial charge in [-0.15, -0.1) is 0 Å². The number of carboxylic acids is 1. The van der Waals surface area contributed by atoms with E-state index in [0.717, 1.165) is 24.1 Å². The average Bonchev–Trinajstić information content (AvgIpc) is 2.45. The standard InChI is InChI=1S/C11H16N2O2/c1-6(2)8-9(7-4-3-5-7)12-13-10(8)11(14)15/h6-7H,3-5H2,1-2H3,(H,12,13)(H,14,15). The van der Waals surface area contributed by atoms with Crippen LogP contribution in [0.5, 0.6) is 0 Å². The molecule has 82 valence electrons. The van der Waals surface area contributed by atoms with Gasteiger partial charge in [0.15, 0.2) is 5.69 Å². The monoisotopic (exact) mass is 208 g/mol. The molecule has 15 heavy (non-hydrogen) atoms. The quantitative estimate of drug-likeness (QED) is 0.802. The van der Waals surface area contributed by atoms with Gasteiger partial charge in [-0.25, -0.2) is 4.79 Å². The molecule has 1 fully saturated rings. The number of aromatic amines is 1. The zero-order chi connectivity index (χ0) is 11.0. The van der Waals surface area contributed by atoms with E-state index in [1.807, 2.05) is 13.8 Å². The minimum atomic E-state index is -0.930. The Labute approximate surface area is 88.7 Å². The maximum absolute atomic E-state index is 11.0. The van der Waals surface area contributed by atoms with Crippen molar-refractivity contribution in [2.75, 3.05) is 0 Å². The average molecular weight is 208 g/mol. The summed E-state index contributed by atoms with van der Waals surface area (Å²) in [5.41, 5.74) is 2.15. The molecule has 0 unspecified atom stereocenters. The van der Waals surface area contributed by atoms with Gasteiger partial charge in [0.05, 0.1) is 0 Å². The summed E-state index contributed by atoms with van der Waals surface area (Å²) in [5.74, 6) is -0.214. The van der Waals surface area contributed by atoms with Crippen LogP contribution in [0.1, 0.15) is 66.7 Å². The van der Waals surface area contributed by atoms with E-state index in [4.69, 9.17) is 5.11 Å². The summed E-state index contributed by atoms with van der Waals surface area (Å²) in [5, 5.41) is 15.8. The second-order valence-corrected chi connectivity index (χ2v) is 4.49. The van der Waals surface area contributed by atoms with Crippen LogP contribution in [0.3, 0.4) is 0 Å². The maximum atomic E-state index is 11.0. The SMILES string of the molecule is CC(C)c1c(C(=O)O)n[nH]c1C1CCC1. The first-order chi connectivity index (χ1) is 7.11. The van der Waals surface area contributed by atoms with Crippen molar-refractivity contribution in [3.05, 3.63) is 17.0 Å². The van der Waals surface area contributed by atoms with Crippen molar-refractivity contribution < 1.29 is 9.90 Å². The minimum Gasteiger partial charge on any atom is -0.476 e. The van der Waals surface area contributed by atoms with E-state index < -0.39 is 5.97 Å². The lowest BCUT2D eigenvalue weighted by atomic mass is 9.79. The predicted octanol–water partition coefficient (Wildman–Crippen LogP) is 2.50. The predicted molar refractivity (Wildman–Crippen MR) is 56.2 cm³/mol. The van der Waals surface area contributed by atoms with Gasteiger partial charge in [-0.2, -0.15) is 5.10 Å². The van der Waals surface area contributed by atoms with Crippen molar-refractivity contribution in [3.63, 3.8) is 0 Å². The number of hydrogen-bond donors (Lipinski definition) is 2. The lowest BCUT2D eigenvalue weighted by Crippen LogP contribution is -2.12. The molecule has 1 aliphatic rings. The molecule has 1 saturated carbocycles. The molecule has 0 radical (unpaired) electrons. The molecule has 2 rings (SSSR count). The van der Waals surface area contributed by atoms with Gasteiger partial charge in [-0.05, 0) is 18.8 Å². The van der Waals surface area contributed by atoms with Crippen LogP contribution in [0.25, 0.3) is 0 Å². The second-order valence-electron chi connectivity index (χ2n) is 4.49. The van der Waals surface area contributed by atoms with Crippen molar-refractivity contribution in [2.24, 2.45) is 0 Å². The van der Waals surface area contributed by atoms with Crippen LogP contribution in [0.15, 0.2) is 0 Å². The molecular weight excluding hydrogens is 192 g/mol. The van der Waals surface area contributed by atoms with Crippen LogP contribution in [0, 0.1) is 0 Å². The molecule has 4 heteroatoms. The van der Waals surface area contributed by atoms with Crippen molar-refractivity contribution in [2.45, 2.75) is 44.9 Å². The lowest BCUT2D eigenvalue weighted by Gasteiger charge is -2.26. The Morgan fingerprint density at radius 1 is 1.53 bits per heavy atom. The summed E-state index contributed by atoms with van der Waals surface area (Å²) in [4.78, 5) is 11.0. The number of hydrogen-bond acceptors (Lipinski definition) is 2. The fourth-order valence-corrected chi connectivity index (χ4v) is 2.12. The number of aromatic nitrogens is 2. The van der Waals surface area contributed by atoms with E-state index in [2.05, 4.69) is 10.2 Å². The van der Waals surface area contributed by atoms with E-state index in [9.17, 15) is 4.79 Å². The van der Waals surface area contributed by atoms with Crippen LogP contribution in [0.2, 0.25) is 0 Å². The Balaban J connectivity index is 2.41. The molecule has 1 aromatic rings. The van der Waals surface area contributed by atoms with Crippen LogP contribution < -0.4 is 0 Å². The first-order valence-electron chi connectivity index (χ1n) is 5.42. The number of H-pyrrole nitrogens is 1. The van der Waals surface area contributed by atoms with E-state index in [0.29, 0.717) is 5.92 Å². The summed E-state index contributed by atoms with van der Waals surface area (Å²) < 4.78 is 0. The van der Waals surface area contributed by atoms with Crippen LogP contribution in [-0.4, -0.2) is 21.3 Å². The number of nitrogens with one attached hydrogen (secondary N) is 1. The molecule has 0 aliphatic heterocycles. The Morgan fingerprint density at radius 2 is 2.20 bits per heavy atom. The molecule has 1 aliphatic carbocycles. The number of rotatable bonds is 3. The summed E-state index contributed by atoms with van der Waals surface area (Å²) in [7, 11) is 0. The van der Waals surface area contributed by atoms with E-state index >= 15 is 0 Å². The summed E-state index contributed by atoms with van der Waals surface area (Å²) in [6.07, 6.45) is 3.55. The molecule has 0 spiro atoms. The first kappa shape index (κ1) is 10.2. The molecule has 1 aromatic heterocycles. The van der Waals surface area contributed by atoms with Gasteiger partial charge in [0.1, 0.15) is 0 Å². The van der Waals surface area contributed by atoms with E-state index in [-0.39, 0.29) is 11.6 Å². The molecule has 2 N–H and O–H groups in total. The van der Waals surface area contributed by atoms with Crippen molar-refractivity contribution in [3.8, 4) is 0 Å². The van der Waals surface area contributed by atoms with Crippen LogP contribution in [0.4, 0.5) is 0 Å². The minimum absolute atomic E-state index is 0.201. The number of carboxylic acid groups (broad SMARTS) is 1. The van der Waals surface area contributed by atoms with E-state index in [1.165, 1.54) is 6.42 Å². The molecule has 0 bridgehead atoms. The van der Waals surface area contributed by atoms with E-state index in [1.54, 1.807) is 0 Å². The Kier molecular flexibility index (Phi) is 2.50. The van der Waals surface area contributed by atoms with Crippen LogP contribution >= 0.6 is 0 Å². The van der Waals surface area contributed by atoms with Crippen LogP contribution in [-0.2, 0) is 0 Å². The maximum Gasteiger partial charge on any atom is 0.356 e. The Hall–Kier alpha value is -1.32. The first-order valence-corrected chi connectivity index (χ1v) is 5.42. The number of nitrogens with zero attached hydrogens (tertiary/aromatic N) is 1. The van der Waals surface area contributed by atoms with Gasteiger partial charge in [0.25, 0.3) is 0 Å². The summed E-state index contributed by atoms with van der Waals surface area (Å²) in [6, 6.07) is 0. The van der Waals surface area contributed by atoms with Gasteiger partial charge >= 0.3 is 5.97 Å². The molecule has 0 atom stereocenters. The van der Waals surface area contributed by atoms with Crippen molar-refractivity contribution in [1.82, 2.24) is 10.2 Å². The highest BCUT2D eigenvalue weighted by molar-refractivity contribution is 5.87. The molecule has 4 nitrogen and oxygen atoms in total. The smallest absolute Gasteiger partial charge is 0.356 e. The molecule has 0 saturated heterocycles. The summed E-state index contributed by atoms with van der Waals surface area (Å²) >= 11 is 0. The van der Waals surface area contributed by atoms with Gasteiger partial charge in [0.2, 0.25) is 0 Å². The highest BCUT2D eigenvalue weighted by atomic mass is 16.4. The fraction of sp³-hybridized carbons (Fsp3) is 0.636. The number of aromatic carboxylic acids is 1. The lowest BCUT2D eigenvalue weighted by molar-refractivity contribution is 0.0689. The normalized spacial score (nSPS) is 16.7. The number of carbonyl (C=O) groups is 1. The third kappa shape index (κ3) is 1.64. The van der Waals surface area contributed by atoms with Gasteiger partial charge in [0, 0.05) is 17.2 Å². The molecule has 0 aromatic carbocycles. The van der Waals surface area contributed by atoms with Gasteiger partial charge < -0.3 is 5.11 Å². The fourth-order valence-electron chi connectivity index (χ4n) is 2.12. The largest absolute Gasteiger partial charge is 0.476 e. The summed E-state index contributed by atoms with van der Waals surface area (Å²) in [6.45, 7) is 4.03. The zero-order valence-electron chi connectivity index (χ0n) is 9.08. The molecular formula is C11H16N2O2. The third-order valence-corrected chi connectivity index (χ3v) is 3.13. The highest BCUT2D eigenvalue weighted by Crippen LogP contribution is 2.39. The van der Waals surface area contributed by atoms with Gasteiger partial charge in [-0.3, -0.25) is 5.10 Å². The topological polar surface area (TPSA) is 66.0 Å². The van der Waals surface area contributed by atoms with Crippen molar-refractivity contribution in [1.29, 1.82) is 0 Å². The molecule has 0 amide bonds. The zero-order valence-corrected chi connectivity index (χ0v) is 9.08. The Bertz CT molecular complexity index is 378. The van der Waals surface area contributed by atoms with Gasteiger partial charge in [-0.1, -0.05) is 20.3 Å². The molecule has 1 heterocycles. The highest BCUT2D eigenvalue weighted by Gasteiger charge is 2.29.